The van der Waals surface area contributed by atoms with Gasteiger partial charge >= 0.3 is 0 Å². The fraction of sp³-hybridized carbons (Fsp3) is 0.286. The third-order valence-electron chi connectivity index (χ3n) is 2.78. The van der Waals surface area contributed by atoms with Crippen LogP contribution in [0.3, 0.4) is 0 Å². The smallest absolute Gasteiger partial charge is 0.113 e. The molecule has 1 unspecified atom stereocenters. The molecule has 0 aliphatic rings. The van der Waals surface area contributed by atoms with E-state index in [9.17, 15) is 5.11 Å². The van der Waals surface area contributed by atoms with Crippen LogP contribution in [0, 0.1) is 0 Å². The number of aliphatic hydroxyl groups is 1. The molecule has 1 atom stereocenters. The van der Waals surface area contributed by atoms with E-state index in [1.54, 1.807) is 0 Å². The maximum atomic E-state index is 10.2. The number of thiophene rings is 1. The fourth-order valence-corrected chi connectivity index (χ4v) is 2.79. The van der Waals surface area contributed by atoms with Crippen LogP contribution in [0.2, 0.25) is 5.02 Å². The molecule has 0 aliphatic heterocycles. The van der Waals surface area contributed by atoms with Gasteiger partial charge in [0.1, 0.15) is 6.10 Å². The first-order valence-electron chi connectivity index (χ1n) is 5.60. The van der Waals surface area contributed by atoms with Crippen molar-refractivity contribution >= 4 is 22.9 Å². The van der Waals surface area contributed by atoms with Crippen LogP contribution in [-0.4, -0.2) is 5.11 Å². The zero-order valence-electron chi connectivity index (χ0n) is 9.85. The molecule has 1 aromatic carbocycles. The molecular weight excluding hydrogens is 252 g/mol. The lowest BCUT2D eigenvalue weighted by atomic mass is 9.99. The van der Waals surface area contributed by atoms with Gasteiger partial charge in [-0.15, -0.1) is 11.3 Å². The van der Waals surface area contributed by atoms with Crippen LogP contribution in [0.25, 0.3) is 0 Å². The summed E-state index contributed by atoms with van der Waals surface area (Å²) >= 11 is 7.34. The van der Waals surface area contributed by atoms with E-state index in [1.165, 1.54) is 16.9 Å². The minimum atomic E-state index is -0.575. The number of benzene rings is 1. The van der Waals surface area contributed by atoms with E-state index < -0.39 is 6.10 Å². The van der Waals surface area contributed by atoms with Crippen LogP contribution in [0.1, 0.15) is 41.9 Å². The first-order chi connectivity index (χ1) is 8.08. The highest BCUT2D eigenvalue weighted by Gasteiger charge is 2.12. The van der Waals surface area contributed by atoms with Crippen molar-refractivity contribution in [1.82, 2.24) is 0 Å². The van der Waals surface area contributed by atoms with Gasteiger partial charge in [0.15, 0.2) is 0 Å². The highest BCUT2D eigenvalue weighted by Crippen LogP contribution is 2.30. The molecule has 0 saturated heterocycles. The van der Waals surface area contributed by atoms with Crippen LogP contribution in [0.5, 0.6) is 0 Å². The van der Waals surface area contributed by atoms with Gasteiger partial charge in [-0.2, -0.15) is 0 Å². The second-order valence-corrected chi connectivity index (χ2v) is 5.77. The van der Waals surface area contributed by atoms with Crippen LogP contribution >= 0.6 is 22.9 Å². The monoisotopic (exact) mass is 266 g/mol. The maximum Gasteiger partial charge on any atom is 0.113 e. The minimum Gasteiger partial charge on any atom is -0.383 e. The Kier molecular flexibility index (Phi) is 3.87. The zero-order valence-corrected chi connectivity index (χ0v) is 11.4. The normalized spacial score (nSPS) is 13.0. The SMILES string of the molecule is CC(C)c1ccc(C(O)c2cc(Cl)cs2)cc1. The van der Waals surface area contributed by atoms with Crippen LogP contribution < -0.4 is 0 Å². The average molecular weight is 267 g/mol. The molecule has 0 fully saturated rings. The van der Waals surface area contributed by atoms with E-state index in [2.05, 4.69) is 26.0 Å². The molecule has 0 aliphatic carbocycles. The van der Waals surface area contributed by atoms with Gasteiger partial charge in [-0.25, -0.2) is 0 Å². The van der Waals surface area contributed by atoms with Crippen molar-refractivity contribution in [3.8, 4) is 0 Å². The summed E-state index contributed by atoms with van der Waals surface area (Å²) in [5.41, 5.74) is 2.19. The first kappa shape index (κ1) is 12.6. The average Bonchev–Trinajstić information content (AvgIpc) is 2.75. The molecule has 1 heterocycles. The van der Waals surface area contributed by atoms with Crippen LogP contribution in [0.4, 0.5) is 0 Å². The molecule has 2 aromatic rings. The first-order valence-corrected chi connectivity index (χ1v) is 6.85. The fourth-order valence-electron chi connectivity index (χ4n) is 1.70. The van der Waals surface area contributed by atoms with E-state index in [4.69, 9.17) is 11.6 Å². The Morgan fingerprint density at radius 1 is 1.12 bits per heavy atom. The van der Waals surface area contributed by atoms with Crippen molar-refractivity contribution in [1.29, 1.82) is 0 Å². The van der Waals surface area contributed by atoms with Crippen molar-refractivity contribution in [2.45, 2.75) is 25.9 Å². The van der Waals surface area contributed by atoms with E-state index in [1.807, 2.05) is 23.6 Å². The van der Waals surface area contributed by atoms with E-state index in [0.29, 0.717) is 10.9 Å². The van der Waals surface area contributed by atoms with Crippen molar-refractivity contribution in [2.24, 2.45) is 0 Å². The van der Waals surface area contributed by atoms with Gasteiger partial charge in [-0.1, -0.05) is 49.7 Å². The Hall–Kier alpha value is -0.830. The van der Waals surface area contributed by atoms with Gasteiger partial charge in [0.05, 0.1) is 5.02 Å². The standard InChI is InChI=1S/C14H15ClOS/c1-9(2)10-3-5-11(6-4-10)14(16)13-7-12(15)8-17-13/h3-9,14,16H,1-2H3. The van der Waals surface area contributed by atoms with Gasteiger partial charge < -0.3 is 5.11 Å². The molecule has 3 heteroatoms. The summed E-state index contributed by atoms with van der Waals surface area (Å²) < 4.78 is 0. The molecule has 0 saturated carbocycles. The molecular formula is C14H15ClOS. The van der Waals surface area contributed by atoms with Crippen molar-refractivity contribution in [3.05, 3.63) is 56.7 Å². The quantitative estimate of drug-likeness (QED) is 0.860. The second-order valence-electron chi connectivity index (χ2n) is 4.39. The summed E-state index contributed by atoms with van der Waals surface area (Å²) in [7, 11) is 0. The lowest BCUT2D eigenvalue weighted by Gasteiger charge is -2.11. The topological polar surface area (TPSA) is 20.2 Å². The predicted molar refractivity (Wildman–Crippen MR) is 73.9 cm³/mol. The van der Waals surface area contributed by atoms with Crippen LogP contribution in [-0.2, 0) is 0 Å². The Morgan fingerprint density at radius 3 is 2.18 bits per heavy atom. The Balaban J connectivity index is 2.22. The van der Waals surface area contributed by atoms with Crippen LogP contribution in [0.15, 0.2) is 35.7 Å². The molecule has 2 rings (SSSR count). The lowest BCUT2D eigenvalue weighted by Crippen LogP contribution is -1.97. The molecule has 0 bridgehead atoms. The molecule has 0 spiro atoms. The second kappa shape index (κ2) is 5.21. The van der Waals surface area contributed by atoms with Crippen molar-refractivity contribution in [2.75, 3.05) is 0 Å². The number of hydrogen-bond acceptors (Lipinski definition) is 2. The zero-order chi connectivity index (χ0) is 12.4. The molecule has 0 radical (unpaired) electrons. The summed E-state index contributed by atoms with van der Waals surface area (Å²) in [5.74, 6) is 0.511. The molecule has 90 valence electrons. The van der Waals surface area contributed by atoms with Gasteiger partial charge in [-0.3, -0.25) is 0 Å². The molecule has 1 nitrogen and oxygen atoms in total. The third kappa shape index (κ3) is 2.89. The number of hydrogen-bond donors (Lipinski definition) is 1. The minimum absolute atomic E-state index is 0.511. The van der Waals surface area contributed by atoms with Gasteiger partial charge in [0, 0.05) is 10.3 Å². The van der Waals surface area contributed by atoms with E-state index >= 15 is 0 Å². The Labute approximate surface area is 111 Å². The third-order valence-corrected chi connectivity index (χ3v) is 4.11. The number of aliphatic hydroxyl groups excluding tert-OH is 1. The van der Waals surface area contributed by atoms with Gasteiger partial charge in [-0.05, 0) is 23.1 Å². The molecule has 1 N–H and O–H groups in total. The summed E-state index contributed by atoms with van der Waals surface area (Å²) in [4.78, 5) is 0.882. The lowest BCUT2D eigenvalue weighted by molar-refractivity contribution is 0.224. The van der Waals surface area contributed by atoms with Crippen molar-refractivity contribution in [3.63, 3.8) is 0 Å². The summed E-state index contributed by atoms with van der Waals surface area (Å²) in [6.45, 7) is 4.31. The van der Waals surface area contributed by atoms with E-state index in [-0.39, 0.29) is 0 Å². The number of rotatable bonds is 3. The Morgan fingerprint density at radius 2 is 1.71 bits per heavy atom. The molecule has 1 aromatic heterocycles. The summed E-state index contributed by atoms with van der Waals surface area (Å²) in [6, 6.07) is 9.91. The number of halogens is 1. The summed E-state index contributed by atoms with van der Waals surface area (Å²) in [5, 5.41) is 12.7. The highest BCUT2D eigenvalue weighted by atomic mass is 35.5. The van der Waals surface area contributed by atoms with Gasteiger partial charge in [0.2, 0.25) is 0 Å². The van der Waals surface area contributed by atoms with Crippen molar-refractivity contribution < 1.29 is 5.11 Å². The Bertz CT molecular complexity index is 487. The highest BCUT2D eigenvalue weighted by molar-refractivity contribution is 7.10. The largest absolute Gasteiger partial charge is 0.383 e. The predicted octanol–water partition coefficient (Wildman–Crippen LogP) is 4.61. The molecule has 17 heavy (non-hydrogen) atoms. The van der Waals surface area contributed by atoms with E-state index in [0.717, 1.165) is 10.4 Å². The maximum absolute atomic E-state index is 10.2. The van der Waals surface area contributed by atoms with Gasteiger partial charge in [0.25, 0.3) is 0 Å². The summed E-state index contributed by atoms with van der Waals surface area (Å²) in [6.07, 6.45) is -0.575. The molecule has 0 amide bonds.